The van der Waals surface area contributed by atoms with Crippen LogP contribution in [0.3, 0.4) is 0 Å². The maximum Gasteiger partial charge on any atom is 0.255 e. The molecule has 1 aromatic carbocycles. The van der Waals surface area contributed by atoms with Gasteiger partial charge in [-0.25, -0.2) is 0 Å². The number of ketones is 2. The minimum atomic E-state index is -2.70. The van der Waals surface area contributed by atoms with Crippen molar-refractivity contribution in [2.24, 2.45) is 17.6 Å². The van der Waals surface area contributed by atoms with Crippen LogP contribution in [0, 0.1) is 11.8 Å². The normalized spacial score (nSPS) is 25.4. The van der Waals surface area contributed by atoms with E-state index in [1.165, 1.54) is 4.90 Å². The highest BCUT2D eigenvalue weighted by Crippen LogP contribution is 2.54. The van der Waals surface area contributed by atoms with Crippen molar-refractivity contribution in [3.63, 3.8) is 0 Å². The summed E-state index contributed by atoms with van der Waals surface area (Å²) in [5.74, 6) is -6.95. The van der Waals surface area contributed by atoms with Gasteiger partial charge in [0, 0.05) is 37.8 Å². The maximum absolute atomic E-state index is 14.1. The number of carbonyl (C=O) groups is 3. The zero-order valence-electron chi connectivity index (χ0n) is 26.6. The summed E-state index contributed by atoms with van der Waals surface area (Å²) < 4.78 is 0. The lowest BCUT2D eigenvalue weighted by molar-refractivity contribution is -0.153. The molecule has 1 saturated carbocycles. The molecule has 12 nitrogen and oxygen atoms in total. The molecule has 1 aromatic rings. The van der Waals surface area contributed by atoms with E-state index in [4.69, 9.17) is 5.73 Å². The number of Topliss-reactive ketones (excluding diaryl/α,β-unsaturated/α-hetero) is 2. The highest BCUT2D eigenvalue weighted by molar-refractivity contribution is 6.24. The number of anilines is 2. The molecule has 5 unspecified atom stereocenters. The van der Waals surface area contributed by atoms with E-state index in [-0.39, 0.29) is 42.0 Å². The first-order chi connectivity index (χ1) is 21.2. The van der Waals surface area contributed by atoms with Gasteiger partial charge in [-0.1, -0.05) is 25.0 Å². The summed E-state index contributed by atoms with van der Waals surface area (Å²) in [6.45, 7) is 2.12. The van der Waals surface area contributed by atoms with Gasteiger partial charge in [0.15, 0.2) is 11.4 Å². The fourth-order valence-electron chi connectivity index (χ4n) is 7.14. The standard InChI is InChI=1S/C33H46N4O8/c1-6-7-8-9-10-11-12-18(38)16-35-21-15-22(36(2)3)19-13-17-14-20-26(37(4)5)29(41)25(32(34)44)31(43)33(20,45)30(42)23(17)28(40)24(19)27(21)39/h6-7,15,17-18,20,26,35,38-40,43,45H,8-14,16H2,1-5H3,(H2,34,44)/b7-6+. The zero-order valence-corrected chi connectivity index (χ0v) is 26.6. The monoisotopic (exact) mass is 626 g/mol. The smallest absolute Gasteiger partial charge is 0.255 e. The van der Waals surface area contributed by atoms with E-state index >= 15 is 0 Å². The number of hydrogen-bond acceptors (Lipinski definition) is 11. The first-order valence-electron chi connectivity index (χ1n) is 15.4. The molecule has 0 spiro atoms. The molecule has 0 radical (unpaired) electrons. The molecule has 3 aliphatic rings. The van der Waals surface area contributed by atoms with Crippen LogP contribution in [0.25, 0.3) is 5.76 Å². The SMILES string of the molecule is C/C=C/CCCCCC(O)CNc1cc(N(C)C)c2c(c1O)C(O)=C1C(=O)C3(O)C(O)=C(C(N)=O)C(=O)C(N(C)C)C3CC1C2. The Balaban J connectivity index is 1.73. The number of nitrogens with zero attached hydrogens (tertiary/aromatic N) is 2. The number of hydrogen-bond donors (Lipinski definition) is 7. The minimum Gasteiger partial charge on any atom is -0.508 e. The van der Waals surface area contributed by atoms with Crippen LogP contribution < -0.4 is 16.0 Å². The average molecular weight is 627 g/mol. The van der Waals surface area contributed by atoms with Crippen LogP contribution in [-0.2, 0) is 20.8 Å². The summed E-state index contributed by atoms with van der Waals surface area (Å²) in [7, 11) is 6.73. The molecule has 1 fully saturated rings. The highest BCUT2D eigenvalue weighted by Gasteiger charge is 2.64. The number of rotatable bonds is 12. The van der Waals surface area contributed by atoms with Crippen molar-refractivity contribution >= 4 is 34.6 Å². The molecule has 45 heavy (non-hydrogen) atoms. The Bertz CT molecular complexity index is 1460. The van der Waals surface area contributed by atoms with Gasteiger partial charge in [-0.05, 0) is 70.7 Å². The van der Waals surface area contributed by atoms with E-state index in [9.17, 15) is 39.9 Å². The van der Waals surface area contributed by atoms with Crippen molar-refractivity contribution in [2.45, 2.75) is 69.6 Å². The number of likely N-dealkylation sites (N-methyl/N-ethyl adjacent to an activating group) is 1. The van der Waals surface area contributed by atoms with Crippen molar-refractivity contribution < 1.29 is 39.9 Å². The number of benzene rings is 1. The van der Waals surface area contributed by atoms with Crippen LogP contribution in [0.2, 0.25) is 0 Å². The molecule has 3 aliphatic carbocycles. The topological polar surface area (TPSA) is 197 Å². The first kappa shape index (κ1) is 34.0. The van der Waals surface area contributed by atoms with Crippen molar-refractivity contribution in [3.8, 4) is 5.75 Å². The number of phenols is 1. The fraction of sp³-hybridized carbons (Fsp3) is 0.545. The summed E-state index contributed by atoms with van der Waals surface area (Å²) >= 11 is 0. The lowest BCUT2D eigenvalue weighted by Gasteiger charge is -2.50. The number of primary amides is 1. The molecule has 5 atom stereocenters. The lowest BCUT2D eigenvalue weighted by atomic mass is 9.57. The molecular formula is C33H46N4O8. The predicted octanol–water partition coefficient (Wildman–Crippen LogP) is 2.33. The van der Waals surface area contributed by atoms with E-state index in [1.54, 1.807) is 34.3 Å². The summed E-state index contributed by atoms with van der Waals surface area (Å²) in [6.07, 6.45) is 8.08. The average Bonchev–Trinajstić information content (AvgIpc) is 2.95. The van der Waals surface area contributed by atoms with Gasteiger partial charge < -0.3 is 41.5 Å². The lowest BCUT2D eigenvalue weighted by Crippen LogP contribution is -2.65. The Morgan fingerprint density at radius 3 is 2.44 bits per heavy atom. The third-order valence-corrected chi connectivity index (χ3v) is 9.35. The minimum absolute atomic E-state index is 0.00143. The molecule has 0 bridgehead atoms. The van der Waals surface area contributed by atoms with Crippen LogP contribution in [-0.4, -0.2) is 100 Å². The summed E-state index contributed by atoms with van der Waals surface area (Å²) in [5, 5.41) is 59.5. The van der Waals surface area contributed by atoms with Crippen molar-refractivity contribution in [3.05, 3.63) is 46.3 Å². The van der Waals surface area contributed by atoms with Gasteiger partial charge in [-0.2, -0.15) is 0 Å². The molecule has 0 saturated heterocycles. The second kappa shape index (κ2) is 13.2. The summed E-state index contributed by atoms with van der Waals surface area (Å²) in [5.41, 5.74) is 3.10. The van der Waals surface area contributed by atoms with Crippen LogP contribution >= 0.6 is 0 Å². The van der Waals surface area contributed by atoms with E-state index < -0.39 is 64.1 Å². The summed E-state index contributed by atoms with van der Waals surface area (Å²) in [6, 6.07) is 0.577. The number of amides is 1. The van der Waals surface area contributed by atoms with Gasteiger partial charge in [-0.15, -0.1) is 0 Å². The number of nitrogens with two attached hydrogens (primary N) is 1. The Morgan fingerprint density at radius 2 is 1.84 bits per heavy atom. The van der Waals surface area contributed by atoms with Crippen LogP contribution in [0.1, 0.15) is 56.6 Å². The summed E-state index contributed by atoms with van der Waals surface area (Å²) in [4.78, 5) is 42.9. The van der Waals surface area contributed by atoms with E-state index in [2.05, 4.69) is 11.4 Å². The Kier molecular flexibility index (Phi) is 10.0. The molecule has 4 rings (SSSR count). The number of allylic oxidation sites excluding steroid dienone is 2. The largest absolute Gasteiger partial charge is 0.508 e. The molecule has 12 heteroatoms. The van der Waals surface area contributed by atoms with Gasteiger partial charge in [-0.3, -0.25) is 19.3 Å². The number of unbranched alkanes of at least 4 members (excludes halogenated alkanes) is 3. The highest BCUT2D eigenvalue weighted by atomic mass is 16.3. The molecule has 0 aliphatic heterocycles. The van der Waals surface area contributed by atoms with Gasteiger partial charge in [0.1, 0.15) is 22.8 Å². The van der Waals surface area contributed by atoms with Crippen molar-refractivity contribution in [1.29, 1.82) is 0 Å². The first-order valence-corrected chi connectivity index (χ1v) is 15.4. The zero-order chi connectivity index (χ0) is 33.4. The number of carbonyl (C=O) groups excluding carboxylic acids is 3. The van der Waals surface area contributed by atoms with Gasteiger partial charge in [0.2, 0.25) is 5.78 Å². The molecular weight excluding hydrogens is 580 g/mol. The van der Waals surface area contributed by atoms with Gasteiger partial charge >= 0.3 is 0 Å². The fourth-order valence-corrected chi connectivity index (χ4v) is 7.14. The van der Waals surface area contributed by atoms with Crippen molar-refractivity contribution in [2.75, 3.05) is 45.0 Å². The predicted molar refractivity (Wildman–Crippen MR) is 171 cm³/mol. The van der Waals surface area contributed by atoms with E-state index in [0.717, 1.165) is 25.7 Å². The number of aromatic hydroxyl groups is 1. The molecule has 246 valence electrons. The number of nitrogens with one attached hydrogen (secondary N) is 1. The molecule has 0 heterocycles. The van der Waals surface area contributed by atoms with Crippen molar-refractivity contribution in [1.82, 2.24) is 4.90 Å². The van der Waals surface area contributed by atoms with Gasteiger partial charge in [0.05, 0.1) is 23.4 Å². The van der Waals surface area contributed by atoms with Gasteiger partial charge in [0.25, 0.3) is 5.91 Å². The van der Waals surface area contributed by atoms with Crippen LogP contribution in [0.5, 0.6) is 5.75 Å². The number of aliphatic hydroxyl groups is 4. The quantitative estimate of drug-likeness (QED) is 0.0778. The number of fused-ring (bicyclic) bond motifs is 3. The number of aliphatic hydroxyl groups excluding tert-OH is 3. The van der Waals surface area contributed by atoms with E-state index in [0.29, 0.717) is 17.7 Å². The number of phenolic OH excluding ortho intramolecular Hbond substituents is 1. The molecule has 0 aromatic heterocycles. The molecule has 8 N–H and O–H groups in total. The van der Waals surface area contributed by atoms with Crippen LogP contribution in [0.4, 0.5) is 11.4 Å². The Labute approximate surface area is 263 Å². The second-order valence-corrected chi connectivity index (χ2v) is 12.7. The third-order valence-electron chi connectivity index (χ3n) is 9.35. The Hall–Kier alpha value is -3.87. The Morgan fingerprint density at radius 1 is 1.16 bits per heavy atom. The molecule has 1 amide bonds. The third kappa shape index (κ3) is 5.94. The van der Waals surface area contributed by atoms with Crippen LogP contribution in [0.15, 0.2) is 35.1 Å². The van der Waals surface area contributed by atoms with E-state index in [1.807, 2.05) is 17.9 Å². The second-order valence-electron chi connectivity index (χ2n) is 12.7. The maximum atomic E-state index is 14.1.